The molecule has 0 aromatic heterocycles. The second kappa shape index (κ2) is 5.58. The highest BCUT2D eigenvalue weighted by Gasteiger charge is 2.46. The summed E-state index contributed by atoms with van der Waals surface area (Å²) in [6, 6.07) is 20.3. The summed E-state index contributed by atoms with van der Waals surface area (Å²) in [4.78, 5) is 14.6. The van der Waals surface area contributed by atoms with Gasteiger partial charge >= 0.3 is 0 Å². The lowest BCUT2D eigenvalue weighted by molar-refractivity contribution is -0.130. The Kier molecular flexibility index (Phi) is 3.75. The van der Waals surface area contributed by atoms with Crippen molar-refractivity contribution in [3.63, 3.8) is 0 Å². The van der Waals surface area contributed by atoms with Crippen molar-refractivity contribution in [1.82, 2.24) is 10.2 Å². The van der Waals surface area contributed by atoms with Gasteiger partial charge in [0.05, 0.1) is 11.7 Å². The molecular formula is C19H22N2O. The molecular weight excluding hydrogens is 272 g/mol. The van der Waals surface area contributed by atoms with Gasteiger partial charge in [-0.25, -0.2) is 0 Å². The molecule has 2 aromatic carbocycles. The molecule has 1 N–H and O–H groups in total. The highest BCUT2D eigenvalue weighted by molar-refractivity contribution is 5.86. The molecule has 1 amide bonds. The van der Waals surface area contributed by atoms with Gasteiger partial charge in [-0.15, -0.1) is 0 Å². The summed E-state index contributed by atoms with van der Waals surface area (Å²) in [5, 5.41) is 3.50. The first-order valence-corrected chi connectivity index (χ1v) is 7.66. The topological polar surface area (TPSA) is 32.3 Å². The Morgan fingerprint density at radius 3 is 1.77 bits per heavy atom. The fraction of sp³-hybridized carbons (Fsp3) is 0.316. The number of rotatable bonds is 3. The Morgan fingerprint density at radius 2 is 1.41 bits per heavy atom. The lowest BCUT2D eigenvalue weighted by Crippen LogP contribution is -2.45. The number of hydrogen-bond donors (Lipinski definition) is 1. The minimum Gasteiger partial charge on any atom is -0.327 e. The summed E-state index contributed by atoms with van der Waals surface area (Å²) in [6.07, 6.45) is 0. The number of hydrogen-bond acceptors (Lipinski definition) is 2. The minimum absolute atomic E-state index is 0.0131. The molecule has 0 bridgehead atoms. The fourth-order valence-electron chi connectivity index (χ4n) is 3.15. The highest BCUT2D eigenvalue weighted by Crippen LogP contribution is 2.34. The molecule has 1 saturated heterocycles. The Labute approximate surface area is 132 Å². The standard InChI is InChI=1S/C19H22N2O/c1-19(2)20-17(18(22)21(19)3)16(14-10-6-4-7-11-14)15-12-8-5-9-13-15/h4-13,16-17,20H,1-3H3/t17-/m0/s1. The van der Waals surface area contributed by atoms with Gasteiger partial charge in [0.25, 0.3) is 0 Å². The smallest absolute Gasteiger partial charge is 0.241 e. The van der Waals surface area contributed by atoms with E-state index in [1.165, 1.54) is 0 Å². The number of benzene rings is 2. The third kappa shape index (κ3) is 2.53. The van der Waals surface area contributed by atoms with Gasteiger partial charge in [-0.05, 0) is 25.0 Å². The third-order valence-corrected chi connectivity index (χ3v) is 4.59. The first-order chi connectivity index (χ1) is 10.5. The Bertz CT molecular complexity index is 612. The van der Waals surface area contributed by atoms with Crippen LogP contribution in [0.5, 0.6) is 0 Å². The van der Waals surface area contributed by atoms with Crippen molar-refractivity contribution in [2.45, 2.75) is 31.5 Å². The van der Waals surface area contributed by atoms with E-state index in [4.69, 9.17) is 0 Å². The van der Waals surface area contributed by atoms with Crippen LogP contribution >= 0.6 is 0 Å². The van der Waals surface area contributed by atoms with Gasteiger partial charge in [-0.2, -0.15) is 0 Å². The van der Waals surface area contributed by atoms with Crippen LogP contribution in [0.3, 0.4) is 0 Å². The van der Waals surface area contributed by atoms with E-state index in [2.05, 4.69) is 29.6 Å². The lowest BCUT2D eigenvalue weighted by atomic mass is 9.85. The molecule has 1 atom stereocenters. The molecule has 0 radical (unpaired) electrons. The number of carbonyl (C=O) groups excluding carboxylic acids is 1. The SMILES string of the molecule is CN1C(=O)[C@H](C(c2ccccc2)c2ccccc2)NC1(C)C. The molecule has 2 aromatic rings. The van der Waals surface area contributed by atoms with Gasteiger partial charge < -0.3 is 4.90 Å². The molecule has 0 spiro atoms. The number of carbonyl (C=O) groups is 1. The number of likely N-dealkylation sites (N-methyl/N-ethyl adjacent to an activating group) is 1. The van der Waals surface area contributed by atoms with Crippen LogP contribution in [-0.4, -0.2) is 29.6 Å². The van der Waals surface area contributed by atoms with E-state index < -0.39 is 0 Å². The Hall–Kier alpha value is -2.13. The second-order valence-electron chi connectivity index (χ2n) is 6.38. The first-order valence-electron chi connectivity index (χ1n) is 7.66. The van der Waals surface area contributed by atoms with Crippen LogP contribution in [0.25, 0.3) is 0 Å². The summed E-state index contributed by atoms with van der Waals surface area (Å²) in [6.45, 7) is 4.08. The van der Waals surface area contributed by atoms with Crippen molar-refractivity contribution in [2.24, 2.45) is 0 Å². The van der Waals surface area contributed by atoms with Gasteiger partial charge in [0, 0.05) is 13.0 Å². The summed E-state index contributed by atoms with van der Waals surface area (Å²) in [5.74, 6) is 0.154. The molecule has 114 valence electrons. The van der Waals surface area contributed by atoms with Crippen molar-refractivity contribution in [2.75, 3.05) is 7.05 Å². The molecule has 1 fully saturated rings. The van der Waals surface area contributed by atoms with E-state index in [1.807, 2.05) is 57.3 Å². The minimum atomic E-state index is -0.330. The second-order valence-corrected chi connectivity index (χ2v) is 6.38. The van der Waals surface area contributed by atoms with Gasteiger partial charge in [0.2, 0.25) is 5.91 Å². The zero-order valence-corrected chi connectivity index (χ0v) is 13.3. The fourth-order valence-corrected chi connectivity index (χ4v) is 3.15. The molecule has 3 rings (SSSR count). The Morgan fingerprint density at radius 1 is 0.955 bits per heavy atom. The molecule has 0 saturated carbocycles. The largest absolute Gasteiger partial charge is 0.327 e. The zero-order valence-electron chi connectivity index (χ0n) is 13.3. The van der Waals surface area contributed by atoms with Crippen LogP contribution in [-0.2, 0) is 4.79 Å². The Balaban J connectivity index is 2.06. The van der Waals surface area contributed by atoms with Crippen LogP contribution in [0.15, 0.2) is 60.7 Å². The molecule has 1 heterocycles. The molecule has 0 unspecified atom stereocenters. The van der Waals surface area contributed by atoms with Crippen molar-refractivity contribution < 1.29 is 4.79 Å². The number of nitrogens with zero attached hydrogens (tertiary/aromatic N) is 1. The van der Waals surface area contributed by atoms with E-state index in [0.717, 1.165) is 11.1 Å². The van der Waals surface area contributed by atoms with Gasteiger partial charge in [-0.1, -0.05) is 60.7 Å². The number of amides is 1. The third-order valence-electron chi connectivity index (χ3n) is 4.59. The average Bonchev–Trinajstić information content (AvgIpc) is 2.73. The molecule has 3 heteroatoms. The summed E-state index contributed by atoms with van der Waals surface area (Å²) in [5.41, 5.74) is 1.99. The van der Waals surface area contributed by atoms with E-state index >= 15 is 0 Å². The highest BCUT2D eigenvalue weighted by atomic mass is 16.2. The maximum absolute atomic E-state index is 12.8. The molecule has 22 heavy (non-hydrogen) atoms. The maximum atomic E-state index is 12.8. The predicted molar refractivity (Wildman–Crippen MR) is 88.5 cm³/mol. The van der Waals surface area contributed by atoms with E-state index in [9.17, 15) is 4.79 Å². The van der Waals surface area contributed by atoms with E-state index in [1.54, 1.807) is 4.90 Å². The van der Waals surface area contributed by atoms with Crippen LogP contribution in [0.2, 0.25) is 0 Å². The summed E-state index contributed by atoms with van der Waals surface area (Å²) >= 11 is 0. The summed E-state index contributed by atoms with van der Waals surface area (Å²) < 4.78 is 0. The number of nitrogens with one attached hydrogen (secondary N) is 1. The van der Waals surface area contributed by atoms with Crippen molar-refractivity contribution in [3.8, 4) is 0 Å². The van der Waals surface area contributed by atoms with Crippen LogP contribution in [0.4, 0.5) is 0 Å². The van der Waals surface area contributed by atoms with Gasteiger partial charge in [0.15, 0.2) is 0 Å². The van der Waals surface area contributed by atoms with E-state index in [-0.39, 0.29) is 23.5 Å². The van der Waals surface area contributed by atoms with Crippen molar-refractivity contribution in [3.05, 3.63) is 71.8 Å². The van der Waals surface area contributed by atoms with Crippen LogP contribution < -0.4 is 5.32 Å². The van der Waals surface area contributed by atoms with Gasteiger partial charge in [-0.3, -0.25) is 10.1 Å². The normalized spacial score (nSPS) is 20.6. The van der Waals surface area contributed by atoms with Crippen LogP contribution in [0, 0.1) is 0 Å². The van der Waals surface area contributed by atoms with Crippen molar-refractivity contribution >= 4 is 5.91 Å². The maximum Gasteiger partial charge on any atom is 0.241 e. The monoisotopic (exact) mass is 294 g/mol. The molecule has 1 aliphatic heterocycles. The van der Waals surface area contributed by atoms with E-state index in [0.29, 0.717) is 0 Å². The van der Waals surface area contributed by atoms with Gasteiger partial charge in [0.1, 0.15) is 0 Å². The lowest BCUT2D eigenvalue weighted by Gasteiger charge is -2.27. The van der Waals surface area contributed by atoms with Crippen LogP contribution in [0.1, 0.15) is 30.9 Å². The molecule has 0 aliphatic carbocycles. The van der Waals surface area contributed by atoms with Crippen molar-refractivity contribution in [1.29, 1.82) is 0 Å². The first kappa shape index (κ1) is 14.8. The zero-order chi connectivity index (χ0) is 15.7. The quantitative estimate of drug-likeness (QED) is 0.944. The predicted octanol–water partition coefficient (Wildman–Crippen LogP) is 2.98. The molecule has 1 aliphatic rings. The summed E-state index contributed by atoms with van der Waals surface area (Å²) in [7, 11) is 1.86. The molecule has 3 nitrogen and oxygen atoms in total. The average molecular weight is 294 g/mol.